The van der Waals surface area contributed by atoms with Gasteiger partial charge in [0.15, 0.2) is 0 Å². The minimum absolute atomic E-state index is 0.233. The van der Waals surface area contributed by atoms with Crippen LogP contribution in [0.1, 0.15) is 13.8 Å². The number of nitrogens with one attached hydrogen (secondary N) is 3. The van der Waals surface area contributed by atoms with Crippen molar-refractivity contribution in [2.75, 3.05) is 23.1 Å². The van der Waals surface area contributed by atoms with Gasteiger partial charge in [0.2, 0.25) is 5.91 Å². The second kappa shape index (κ2) is 9.09. The number of hydrogen-bond acceptors (Lipinski definition) is 4. The molecule has 0 saturated heterocycles. The molecule has 0 spiro atoms. The standard InChI is InChI=1S/C19H21F2N3O3/c1-11(18(25)24-17-9-13(20)7-8-16(17)21)22-14-5-4-6-15(10-14)23-19(26)12(2)27-3/h4-12,22H,1-3H3,(H,23,26)(H,24,25). The quantitative estimate of drug-likeness (QED) is 0.691. The van der Waals surface area contributed by atoms with Crippen molar-refractivity contribution in [1.82, 2.24) is 0 Å². The minimum atomic E-state index is -0.739. The Bertz CT molecular complexity index is 830. The van der Waals surface area contributed by atoms with E-state index in [1.165, 1.54) is 7.11 Å². The third-order valence-electron chi connectivity index (χ3n) is 3.82. The van der Waals surface area contributed by atoms with E-state index >= 15 is 0 Å². The van der Waals surface area contributed by atoms with Gasteiger partial charge in [-0.1, -0.05) is 6.07 Å². The van der Waals surface area contributed by atoms with E-state index in [1.807, 2.05) is 0 Å². The van der Waals surface area contributed by atoms with Crippen molar-refractivity contribution >= 4 is 28.9 Å². The van der Waals surface area contributed by atoms with Crippen LogP contribution in [0, 0.1) is 11.6 Å². The van der Waals surface area contributed by atoms with Gasteiger partial charge in [0.25, 0.3) is 5.91 Å². The van der Waals surface area contributed by atoms with Crippen LogP contribution in [-0.2, 0) is 14.3 Å². The highest BCUT2D eigenvalue weighted by atomic mass is 19.1. The Balaban J connectivity index is 2.01. The maximum absolute atomic E-state index is 13.6. The van der Waals surface area contributed by atoms with Crippen molar-refractivity contribution in [1.29, 1.82) is 0 Å². The largest absolute Gasteiger partial charge is 0.374 e. The highest BCUT2D eigenvalue weighted by Gasteiger charge is 2.16. The van der Waals surface area contributed by atoms with Crippen LogP contribution in [0.2, 0.25) is 0 Å². The van der Waals surface area contributed by atoms with E-state index in [0.717, 1.165) is 18.2 Å². The SMILES string of the molecule is COC(C)C(=O)Nc1cccc(NC(C)C(=O)Nc2cc(F)ccc2F)c1. The highest BCUT2D eigenvalue weighted by Crippen LogP contribution is 2.18. The van der Waals surface area contributed by atoms with E-state index in [0.29, 0.717) is 11.4 Å². The predicted molar refractivity (Wildman–Crippen MR) is 99.6 cm³/mol. The summed E-state index contributed by atoms with van der Waals surface area (Å²) in [5, 5.41) is 7.97. The summed E-state index contributed by atoms with van der Waals surface area (Å²) in [4.78, 5) is 24.1. The molecule has 144 valence electrons. The molecule has 0 saturated carbocycles. The number of amides is 2. The number of carbonyl (C=O) groups excluding carboxylic acids is 2. The molecular weight excluding hydrogens is 356 g/mol. The van der Waals surface area contributed by atoms with Crippen LogP contribution in [-0.4, -0.2) is 31.1 Å². The van der Waals surface area contributed by atoms with Gasteiger partial charge >= 0.3 is 0 Å². The zero-order valence-electron chi connectivity index (χ0n) is 15.2. The predicted octanol–water partition coefficient (Wildman–Crippen LogP) is 3.38. The number of benzene rings is 2. The fraction of sp³-hybridized carbons (Fsp3) is 0.263. The summed E-state index contributed by atoms with van der Waals surface area (Å²) in [6.45, 7) is 3.19. The van der Waals surface area contributed by atoms with E-state index < -0.39 is 29.7 Å². The lowest BCUT2D eigenvalue weighted by Gasteiger charge is -2.17. The minimum Gasteiger partial charge on any atom is -0.374 e. The molecule has 6 nitrogen and oxygen atoms in total. The number of rotatable bonds is 7. The van der Waals surface area contributed by atoms with Gasteiger partial charge in [-0.05, 0) is 44.2 Å². The van der Waals surface area contributed by atoms with Gasteiger partial charge in [0, 0.05) is 24.6 Å². The van der Waals surface area contributed by atoms with Gasteiger partial charge in [-0.15, -0.1) is 0 Å². The molecule has 2 atom stereocenters. The lowest BCUT2D eigenvalue weighted by atomic mass is 10.2. The zero-order valence-corrected chi connectivity index (χ0v) is 15.2. The van der Waals surface area contributed by atoms with Crippen LogP contribution in [0.3, 0.4) is 0 Å². The smallest absolute Gasteiger partial charge is 0.253 e. The van der Waals surface area contributed by atoms with E-state index in [-0.39, 0.29) is 11.6 Å². The summed E-state index contributed by atoms with van der Waals surface area (Å²) in [6, 6.07) is 8.83. The number of anilines is 3. The zero-order chi connectivity index (χ0) is 20.0. The molecule has 8 heteroatoms. The molecule has 2 aromatic carbocycles. The first-order chi connectivity index (χ1) is 12.8. The molecule has 0 aromatic heterocycles. The molecule has 0 aliphatic heterocycles. The average Bonchev–Trinajstić information content (AvgIpc) is 2.64. The third-order valence-corrected chi connectivity index (χ3v) is 3.82. The fourth-order valence-electron chi connectivity index (χ4n) is 2.19. The normalized spacial score (nSPS) is 12.8. The van der Waals surface area contributed by atoms with Gasteiger partial charge in [-0.25, -0.2) is 8.78 Å². The Hall–Kier alpha value is -3.00. The van der Waals surface area contributed by atoms with Crippen LogP contribution < -0.4 is 16.0 Å². The lowest BCUT2D eigenvalue weighted by Crippen LogP contribution is -2.32. The van der Waals surface area contributed by atoms with Crippen LogP contribution in [0.25, 0.3) is 0 Å². The number of carbonyl (C=O) groups is 2. The molecule has 0 aliphatic carbocycles. The van der Waals surface area contributed by atoms with Crippen LogP contribution in [0.4, 0.5) is 25.8 Å². The number of ether oxygens (including phenoxy) is 1. The maximum Gasteiger partial charge on any atom is 0.253 e. The van der Waals surface area contributed by atoms with E-state index in [1.54, 1.807) is 38.1 Å². The highest BCUT2D eigenvalue weighted by molar-refractivity contribution is 5.97. The van der Waals surface area contributed by atoms with Gasteiger partial charge in [0.1, 0.15) is 23.8 Å². The monoisotopic (exact) mass is 377 g/mol. The number of hydrogen-bond donors (Lipinski definition) is 3. The van der Waals surface area contributed by atoms with E-state index in [4.69, 9.17) is 4.74 Å². The molecule has 0 radical (unpaired) electrons. The summed E-state index contributed by atoms with van der Waals surface area (Å²) in [5.74, 6) is -2.22. The lowest BCUT2D eigenvalue weighted by molar-refractivity contribution is -0.124. The second-order valence-corrected chi connectivity index (χ2v) is 5.93. The van der Waals surface area contributed by atoms with Gasteiger partial charge in [-0.3, -0.25) is 9.59 Å². The van der Waals surface area contributed by atoms with Crippen molar-refractivity contribution in [2.24, 2.45) is 0 Å². The summed E-state index contributed by atoms with van der Waals surface area (Å²) >= 11 is 0. The van der Waals surface area contributed by atoms with Crippen molar-refractivity contribution in [3.8, 4) is 0 Å². The molecular formula is C19H21F2N3O3. The molecule has 0 fully saturated rings. The Morgan fingerprint density at radius 3 is 2.37 bits per heavy atom. The van der Waals surface area contributed by atoms with Crippen molar-refractivity contribution in [2.45, 2.75) is 26.0 Å². The molecule has 2 unspecified atom stereocenters. The molecule has 3 N–H and O–H groups in total. The second-order valence-electron chi connectivity index (χ2n) is 5.93. The molecule has 0 heterocycles. The summed E-state index contributed by atoms with van der Waals surface area (Å²) in [5.41, 5.74) is 0.862. The first kappa shape index (κ1) is 20.3. The van der Waals surface area contributed by atoms with Gasteiger partial charge < -0.3 is 20.7 Å². The fourth-order valence-corrected chi connectivity index (χ4v) is 2.19. The summed E-state index contributed by atoms with van der Waals surface area (Å²) in [7, 11) is 1.43. The topological polar surface area (TPSA) is 79.5 Å². The van der Waals surface area contributed by atoms with Gasteiger partial charge in [-0.2, -0.15) is 0 Å². The average molecular weight is 377 g/mol. The number of methoxy groups -OCH3 is 1. The molecule has 0 bridgehead atoms. The van der Waals surface area contributed by atoms with Gasteiger partial charge in [0.05, 0.1) is 5.69 Å². The van der Waals surface area contributed by atoms with E-state index in [2.05, 4.69) is 16.0 Å². The van der Waals surface area contributed by atoms with E-state index in [9.17, 15) is 18.4 Å². The maximum atomic E-state index is 13.6. The molecule has 2 amide bonds. The molecule has 2 aromatic rings. The Labute approximate surface area is 155 Å². The number of halogens is 2. The first-order valence-electron chi connectivity index (χ1n) is 8.26. The summed E-state index contributed by atoms with van der Waals surface area (Å²) in [6.07, 6.45) is -0.604. The third kappa shape index (κ3) is 5.75. The van der Waals surface area contributed by atoms with Crippen LogP contribution in [0.5, 0.6) is 0 Å². The van der Waals surface area contributed by atoms with Crippen LogP contribution in [0.15, 0.2) is 42.5 Å². The first-order valence-corrected chi connectivity index (χ1v) is 8.26. The summed E-state index contributed by atoms with van der Waals surface area (Å²) < 4.78 is 31.8. The van der Waals surface area contributed by atoms with Crippen LogP contribution >= 0.6 is 0 Å². The molecule has 27 heavy (non-hydrogen) atoms. The molecule has 0 aliphatic rings. The molecule has 2 rings (SSSR count). The Morgan fingerprint density at radius 2 is 1.67 bits per heavy atom. The van der Waals surface area contributed by atoms with Crippen molar-refractivity contribution in [3.63, 3.8) is 0 Å². The van der Waals surface area contributed by atoms with Crippen molar-refractivity contribution in [3.05, 3.63) is 54.1 Å². The Kier molecular flexibility index (Phi) is 6.84. The van der Waals surface area contributed by atoms with Crippen molar-refractivity contribution < 1.29 is 23.1 Å². The Morgan fingerprint density at radius 1 is 0.963 bits per heavy atom.